The number of para-hydroxylation sites is 1. The maximum Gasteiger partial charge on any atom is 0.262 e. The first-order chi connectivity index (χ1) is 16.7. The number of carbonyl (C=O) groups is 1. The first kappa shape index (κ1) is 22.1. The Balaban J connectivity index is 1.32. The molecule has 1 aliphatic rings. The third kappa shape index (κ3) is 4.78. The molecular weight excluding hydrogens is 464 g/mol. The van der Waals surface area contributed by atoms with Crippen LogP contribution in [0.3, 0.4) is 0 Å². The number of carbonyl (C=O) groups excluding carboxylic acids is 1. The number of hydrogen-bond donors (Lipinski definition) is 2. The molecule has 0 bridgehead atoms. The predicted molar refractivity (Wildman–Crippen MR) is 139 cm³/mol. The van der Waals surface area contributed by atoms with Crippen LogP contribution in [0.4, 0.5) is 11.4 Å². The van der Waals surface area contributed by atoms with Gasteiger partial charge in [-0.25, -0.2) is 0 Å². The molecule has 2 N–H and O–H groups in total. The van der Waals surface area contributed by atoms with Crippen LogP contribution >= 0.6 is 23.6 Å². The van der Waals surface area contributed by atoms with Gasteiger partial charge in [0.25, 0.3) is 5.91 Å². The number of thiocarbonyl (C=S) groups is 1. The molecule has 1 aliphatic heterocycles. The van der Waals surface area contributed by atoms with E-state index in [0.29, 0.717) is 16.5 Å². The highest BCUT2D eigenvalue weighted by atomic mass is 32.1. The Kier molecular flexibility index (Phi) is 6.51. The zero-order valence-corrected chi connectivity index (χ0v) is 19.8. The van der Waals surface area contributed by atoms with Crippen molar-refractivity contribution in [3.63, 3.8) is 0 Å². The number of anilines is 2. The van der Waals surface area contributed by atoms with Gasteiger partial charge in [-0.1, -0.05) is 30.3 Å². The molecule has 2 unspecified atom stereocenters. The lowest BCUT2D eigenvalue weighted by atomic mass is 10.0. The van der Waals surface area contributed by atoms with Crippen molar-refractivity contribution in [2.24, 2.45) is 0 Å². The van der Waals surface area contributed by atoms with Gasteiger partial charge in [-0.15, -0.1) is 11.3 Å². The lowest BCUT2D eigenvalue weighted by Crippen LogP contribution is -2.29. The minimum Gasteiger partial charge on any atom is -0.484 e. The second kappa shape index (κ2) is 10.0. The Morgan fingerprint density at radius 3 is 2.53 bits per heavy atom. The third-order valence-corrected chi connectivity index (χ3v) is 6.73. The van der Waals surface area contributed by atoms with Gasteiger partial charge >= 0.3 is 0 Å². The molecule has 5 rings (SSSR count). The molecule has 3 heterocycles. The van der Waals surface area contributed by atoms with Crippen LogP contribution in [0.15, 0.2) is 96.5 Å². The number of ether oxygens (including phenoxy) is 1. The molecule has 1 amide bonds. The maximum atomic E-state index is 12.3. The molecule has 2 aromatic carbocycles. The van der Waals surface area contributed by atoms with Crippen LogP contribution in [0.25, 0.3) is 0 Å². The van der Waals surface area contributed by atoms with Gasteiger partial charge in [0.1, 0.15) is 5.75 Å². The van der Waals surface area contributed by atoms with Crippen molar-refractivity contribution in [3.8, 4) is 5.75 Å². The quantitative estimate of drug-likeness (QED) is 0.344. The number of pyridine rings is 1. The van der Waals surface area contributed by atoms with E-state index in [9.17, 15) is 4.79 Å². The summed E-state index contributed by atoms with van der Waals surface area (Å²) in [6.07, 6.45) is 1.80. The van der Waals surface area contributed by atoms with Crippen molar-refractivity contribution in [1.82, 2.24) is 10.3 Å². The maximum absolute atomic E-state index is 12.3. The number of benzene rings is 2. The van der Waals surface area contributed by atoms with E-state index in [-0.39, 0.29) is 24.6 Å². The number of nitrogens with zero attached hydrogens (tertiary/aromatic N) is 2. The van der Waals surface area contributed by atoms with Crippen LogP contribution in [0.1, 0.15) is 22.7 Å². The first-order valence-corrected chi connectivity index (χ1v) is 12.1. The zero-order chi connectivity index (χ0) is 23.3. The summed E-state index contributed by atoms with van der Waals surface area (Å²) in [5.41, 5.74) is 2.57. The molecule has 2 aromatic heterocycles. The molecule has 1 fully saturated rings. The molecule has 0 aliphatic carbocycles. The van der Waals surface area contributed by atoms with Crippen LogP contribution in [0, 0.1) is 0 Å². The van der Waals surface area contributed by atoms with Crippen molar-refractivity contribution in [2.75, 3.05) is 16.8 Å². The molecule has 4 aromatic rings. The Morgan fingerprint density at radius 2 is 1.82 bits per heavy atom. The van der Waals surface area contributed by atoms with Crippen molar-refractivity contribution < 1.29 is 9.53 Å². The fourth-order valence-electron chi connectivity index (χ4n) is 3.95. The number of thiophene rings is 1. The van der Waals surface area contributed by atoms with E-state index in [0.717, 1.165) is 11.4 Å². The van der Waals surface area contributed by atoms with Gasteiger partial charge in [0.05, 0.1) is 17.8 Å². The molecule has 6 nitrogen and oxygen atoms in total. The van der Waals surface area contributed by atoms with Gasteiger partial charge < -0.3 is 20.3 Å². The Bertz CT molecular complexity index is 1250. The average Bonchev–Trinajstić information content (AvgIpc) is 3.52. The molecular formula is C26H22N4O2S2. The number of amides is 1. The van der Waals surface area contributed by atoms with E-state index in [4.69, 9.17) is 17.0 Å². The highest BCUT2D eigenvalue weighted by Gasteiger charge is 2.41. The topological polar surface area (TPSA) is 66.5 Å². The summed E-state index contributed by atoms with van der Waals surface area (Å²) in [4.78, 5) is 20.2. The van der Waals surface area contributed by atoms with Gasteiger partial charge in [0, 0.05) is 22.4 Å². The minimum absolute atomic E-state index is 0.0258. The highest BCUT2D eigenvalue weighted by molar-refractivity contribution is 7.80. The zero-order valence-electron chi connectivity index (χ0n) is 18.1. The molecule has 1 saturated heterocycles. The van der Waals surface area contributed by atoms with Gasteiger partial charge in [-0.3, -0.25) is 9.78 Å². The lowest BCUT2D eigenvalue weighted by Gasteiger charge is -2.27. The molecule has 8 heteroatoms. The summed E-state index contributed by atoms with van der Waals surface area (Å²) < 4.78 is 5.52. The number of rotatable bonds is 7. The summed E-state index contributed by atoms with van der Waals surface area (Å²) >= 11 is 7.43. The van der Waals surface area contributed by atoms with Gasteiger partial charge in [0.15, 0.2) is 11.7 Å². The van der Waals surface area contributed by atoms with Crippen LogP contribution in [0.5, 0.6) is 5.75 Å². The molecule has 170 valence electrons. The van der Waals surface area contributed by atoms with Crippen LogP contribution in [0.2, 0.25) is 0 Å². The number of hydrogen-bond acceptors (Lipinski definition) is 5. The van der Waals surface area contributed by atoms with E-state index in [1.54, 1.807) is 17.5 Å². The Labute approximate surface area is 207 Å². The monoisotopic (exact) mass is 486 g/mol. The lowest BCUT2D eigenvalue weighted by molar-refractivity contribution is -0.118. The van der Waals surface area contributed by atoms with E-state index in [1.807, 2.05) is 78.9 Å². The molecule has 0 saturated carbocycles. The van der Waals surface area contributed by atoms with E-state index >= 15 is 0 Å². The van der Waals surface area contributed by atoms with Gasteiger partial charge in [0.2, 0.25) is 0 Å². The Morgan fingerprint density at radius 1 is 1.03 bits per heavy atom. The standard InChI is InChI=1S/C26H22N4O2S2/c31-23(17-32-20-7-2-1-3-8-20)28-18-11-13-19(14-12-18)30-25(22-10-6-16-34-22)24(29-26(30)33)21-9-4-5-15-27-21/h1-16,24-25H,17H2,(H,28,31)(H,29,33). The smallest absolute Gasteiger partial charge is 0.262 e. The third-order valence-electron chi connectivity index (χ3n) is 5.48. The normalized spacial score (nSPS) is 17.3. The van der Waals surface area contributed by atoms with Crippen molar-refractivity contribution in [2.45, 2.75) is 12.1 Å². The van der Waals surface area contributed by atoms with E-state index < -0.39 is 0 Å². The second-order valence-electron chi connectivity index (χ2n) is 7.71. The molecule has 0 spiro atoms. The fourth-order valence-corrected chi connectivity index (χ4v) is 5.15. The fraction of sp³-hybridized carbons (Fsp3) is 0.115. The molecule has 2 atom stereocenters. The average molecular weight is 487 g/mol. The molecule has 34 heavy (non-hydrogen) atoms. The highest BCUT2D eigenvalue weighted by Crippen LogP contribution is 2.43. The second-order valence-corrected chi connectivity index (χ2v) is 9.07. The van der Waals surface area contributed by atoms with Crippen LogP contribution in [-0.2, 0) is 4.79 Å². The number of nitrogens with one attached hydrogen (secondary N) is 2. The molecule has 0 radical (unpaired) electrons. The first-order valence-electron chi connectivity index (χ1n) is 10.8. The van der Waals surface area contributed by atoms with Gasteiger partial charge in [-0.05, 0) is 72.2 Å². The summed E-state index contributed by atoms with van der Waals surface area (Å²) in [6.45, 7) is -0.0574. The van der Waals surface area contributed by atoms with Crippen molar-refractivity contribution >= 4 is 45.9 Å². The summed E-state index contributed by atoms with van der Waals surface area (Å²) in [7, 11) is 0. The Hall–Kier alpha value is -3.75. The predicted octanol–water partition coefficient (Wildman–Crippen LogP) is 5.34. The van der Waals surface area contributed by atoms with Crippen molar-refractivity contribution in [1.29, 1.82) is 0 Å². The van der Waals surface area contributed by atoms with Crippen LogP contribution < -0.4 is 20.3 Å². The number of aromatic nitrogens is 1. The summed E-state index contributed by atoms with van der Waals surface area (Å²) in [5, 5.41) is 9.04. The SMILES string of the molecule is O=C(COc1ccccc1)Nc1ccc(N2C(=S)NC(c3ccccn3)C2c2cccs2)cc1. The van der Waals surface area contributed by atoms with E-state index in [1.165, 1.54) is 4.88 Å². The van der Waals surface area contributed by atoms with Gasteiger partial charge in [-0.2, -0.15) is 0 Å². The summed E-state index contributed by atoms with van der Waals surface area (Å²) in [5.74, 6) is 0.437. The van der Waals surface area contributed by atoms with E-state index in [2.05, 4.69) is 32.0 Å². The summed E-state index contributed by atoms with van der Waals surface area (Å²) in [6, 6.07) is 26.9. The van der Waals surface area contributed by atoms with Crippen LogP contribution in [-0.4, -0.2) is 22.6 Å². The van der Waals surface area contributed by atoms with Crippen molar-refractivity contribution in [3.05, 3.63) is 107 Å². The largest absolute Gasteiger partial charge is 0.484 e. The minimum atomic E-state index is -0.221.